The molecule has 0 amide bonds. The van der Waals surface area contributed by atoms with Crippen molar-refractivity contribution in [3.05, 3.63) is 17.7 Å². The first kappa shape index (κ1) is 13.1. The van der Waals surface area contributed by atoms with Gasteiger partial charge in [-0.3, -0.25) is 4.79 Å². The number of aliphatic carboxylic acids is 1. The third-order valence-corrected chi connectivity index (χ3v) is 2.34. The molecule has 6 heteroatoms. The van der Waals surface area contributed by atoms with Crippen LogP contribution >= 0.6 is 0 Å². The van der Waals surface area contributed by atoms with E-state index in [1.54, 1.807) is 12.1 Å². The Morgan fingerprint density at radius 3 is 2.12 bits per heavy atom. The van der Waals surface area contributed by atoms with Crippen molar-refractivity contribution in [3.63, 3.8) is 0 Å². The first-order valence-corrected chi connectivity index (χ1v) is 4.84. The molecule has 0 aliphatic carbocycles. The molecule has 0 heterocycles. The van der Waals surface area contributed by atoms with Gasteiger partial charge in [0.25, 0.3) is 0 Å². The number of carboxylic acid groups (broad SMARTS) is 1. The molecule has 0 aromatic heterocycles. The number of ether oxygens (including phenoxy) is 3. The zero-order chi connectivity index (χ0) is 13.0. The Labute approximate surface area is 98.9 Å². The van der Waals surface area contributed by atoms with Gasteiger partial charge in [0.1, 0.15) is 11.8 Å². The minimum Gasteiger partial charge on any atom is -0.496 e. The van der Waals surface area contributed by atoms with Gasteiger partial charge < -0.3 is 25.1 Å². The molecule has 3 N–H and O–H groups in total. The third kappa shape index (κ3) is 2.42. The van der Waals surface area contributed by atoms with Crippen molar-refractivity contribution in [2.75, 3.05) is 21.3 Å². The summed E-state index contributed by atoms with van der Waals surface area (Å²) in [7, 11) is 4.30. The molecule has 6 nitrogen and oxygen atoms in total. The summed E-state index contributed by atoms with van der Waals surface area (Å²) in [6.07, 6.45) is 0. The fraction of sp³-hybridized carbons (Fsp3) is 0.364. The van der Waals surface area contributed by atoms with Crippen LogP contribution in [0, 0.1) is 0 Å². The molecule has 0 saturated heterocycles. The van der Waals surface area contributed by atoms with Crippen molar-refractivity contribution in [2.45, 2.75) is 6.04 Å². The number of rotatable bonds is 5. The van der Waals surface area contributed by atoms with E-state index in [4.69, 9.17) is 25.1 Å². The van der Waals surface area contributed by atoms with Crippen LogP contribution in [-0.4, -0.2) is 32.4 Å². The number of carboxylic acids is 1. The smallest absolute Gasteiger partial charge is 0.325 e. The van der Waals surface area contributed by atoms with Crippen LogP contribution < -0.4 is 19.9 Å². The summed E-state index contributed by atoms with van der Waals surface area (Å²) in [5, 5.41) is 8.96. The summed E-state index contributed by atoms with van der Waals surface area (Å²) in [6, 6.07) is 1.96. The van der Waals surface area contributed by atoms with Crippen molar-refractivity contribution in [1.29, 1.82) is 0 Å². The number of hydrogen-bond acceptors (Lipinski definition) is 5. The van der Waals surface area contributed by atoms with Crippen molar-refractivity contribution in [2.24, 2.45) is 5.73 Å². The Hall–Kier alpha value is -1.95. The minimum atomic E-state index is -1.24. The molecule has 0 aliphatic rings. The second kappa shape index (κ2) is 5.40. The summed E-state index contributed by atoms with van der Waals surface area (Å²) in [6.45, 7) is 0. The summed E-state index contributed by atoms with van der Waals surface area (Å²) >= 11 is 0. The molecular weight excluding hydrogens is 226 g/mol. The van der Waals surface area contributed by atoms with Crippen molar-refractivity contribution < 1.29 is 24.1 Å². The molecule has 1 atom stereocenters. The Bertz CT molecular complexity index is 419. The molecule has 1 rings (SSSR count). The maximum Gasteiger partial charge on any atom is 0.325 e. The molecule has 1 aromatic carbocycles. The van der Waals surface area contributed by atoms with Crippen molar-refractivity contribution >= 4 is 5.97 Å². The predicted octanol–water partition coefficient (Wildman–Crippen LogP) is 0.797. The number of hydrogen-bond donors (Lipinski definition) is 2. The van der Waals surface area contributed by atoms with E-state index >= 15 is 0 Å². The van der Waals surface area contributed by atoms with Crippen LogP contribution in [0.15, 0.2) is 12.1 Å². The Balaban J connectivity index is 3.44. The van der Waals surface area contributed by atoms with Crippen LogP contribution in [0.25, 0.3) is 0 Å². The van der Waals surface area contributed by atoms with Crippen LogP contribution in [0.1, 0.15) is 11.6 Å². The lowest BCUT2D eigenvalue weighted by Crippen LogP contribution is -2.22. The lowest BCUT2D eigenvalue weighted by molar-refractivity contribution is -0.138. The van der Waals surface area contributed by atoms with E-state index in [1.165, 1.54) is 21.3 Å². The van der Waals surface area contributed by atoms with E-state index in [0.717, 1.165) is 0 Å². The average molecular weight is 241 g/mol. The van der Waals surface area contributed by atoms with Crippen LogP contribution in [-0.2, 0) is 4.79 Å². The second-order valence-corrected chi connectivity index (χ2v) is 3.23. The Kier molecular flexibility index (Phi) is 4.17. The molecule has 0 saturated carbocycles. The topological polar surface area (TPSA) is 91.0 Å². The molecule has 17 heavy (non-hydrogen) atoms. The number of methoxy groups -OCH3 is 3. The molecule has 0 spiro atoms. The molecule has 1 aromatic rings. The van der Waals surface area contributed by atoms with Gasteiger partial charge in [0, 0.05) is 0 Å². The van der Waals surface area contributed by atoms with Gasteiger partial charge in [-0.15, -0.1) is 0 Å². The highest BCUT2D eigenvalue weighted by molar-refractivity contribution is 5.78. The van der Waals surface area contributed by atoms with Gasteiger partial charge in [0.05, 0.1) is 26.9 Å². The van der Waals surface area contributed by atoms with Crippen LogP contribution in [0.2, 0.25) is 0 Å². The minimum absolute atomic E-state index is 0.252. The van der Waals surface area contributed by atoms with Crippen LogP contribution in [0.5, 0.6) is 17.2 Å². The summed E-state index contributed by atoms with van der Waals surface area (Å²) < 4.78 is 15.3. The quantitative estimate of drug-likeness (QED) is 0.792. The third-order valence-electron chi connectivity index (χ3n) is 2.34. The predicted molar refractivity (Wildman–Crippen MR) is 60.7 cm³/mol. The molecule has 0 aliphatic heterocycles. The van der Waals surface area contributed by atoms with Crippen LogP contribution in [0.3, 0.4) is 0 Å². The Morgan fingerprint density at radius 2 is 1.71 bits per heavy atom. The largest absolute Gasteiger partial charge is 0.496 e. The molecule has 0 unspecified atom stereocenters. The fourth-order valence-electron chi connectivity index (χ4n) is 1.53. The fourth-order valence-corrected chi connectivity index (χ4v) is 1.53. The van der Waals surface area contributed by atoms with Gasteiger partial charge in [0.2, 0.25) is 0 Å². The Morgan fingerprint density at radius 1 is 1.18 bits per heavy atom. The van der Waals surface area contributed by atoms with Gasteiger partial charge in [-0.1, -0.05) is 0 Å². The first-order chi connectivity index (χ1) is 8.06. The monoisotopic (exact) mass is 241 g/mol. The van der Waals surface area contributed by atoms with E-state index in [-0.39, 0.29) is 11.3 Å². The zero-order valence-electron chi connectivity index (χ0n) is 9.89. The normalized spacial score (nSPS) is 11.8. The number of benzene rings is 1. The standard InChI is InChI=1S/C11H15NO5/c1-15-6-4-5-7(16-2)10(17-3)8(6)9(12)11(13)14/h4-5,9H,12H2,1-3H3,(H,13,14)/t9-/m0/s1. The van der Waals surface area contributed by atoms with Crippen LogP contribution in [0.4, 0.5) is 0 Å². The lowest BCUT2D eigenvalue weighted by Gasteiger charge is -2.18. The highest BCUT2D eigenvalue weighted by Gasteiger charge is 2.26. The number of carbonyl (C=O) groups is 1. The molecule has 94 valence electrons. The van der Waals surface area contributed by atoms with E-state index in [0.29, 0.717) is 11.5 Å². The summed E-state index contributed by atoms with van der Waals surface area (Å²) in [4.78, 5) is 11.0. The van der Waals surface area contributed by atoms with Crippen molar-refractivity contribution in [3.8, 4) is 17.2 Å². The average Bonchev–Trinajstić information content (AvgIpc) is 2.35. The number of nitrogens with two attached hydrogens (primary N) is 1. The maximum atomic E-state index is 11.0. The highest BCUT2D eigenvalue weighted by Crippen LogP contribution is 2.40. The molecule has 0 fully saturated rings. The molecule has 0 bridgehead atoms. The first-order valence-electron chi connectivity index (χ1n) is 4.84. The van der Waals surface area contributed by atoms with Crippen molar-refractivity contribution in [1.82, 2.24) is 0 Å². The maximum absolute atomic E-state index is 11.0. The van der Waals surface area contributed by atoms with Gasteiger partial charge in [-0.05, 0) is 12.1 Å². The van der Waals surface area contributed by atoms with E-state index in [9.17, 15) is 4.79 Å². The molecule has 0 radical (unpaired) electrons. The SMILES string of the molecule is COc1ccc(OC)c([C@H](N)C(=O)O)c1OC. The van der Waals surface area contributed by atoms with E-state index in [1.807, 2.05) is 0 Å². The zero-order valence-corrected chi connectivity index (χ0v) is 9.89. The van der Waals surface area contributed by atoms with E-state index in [2.05, 4.69) is 0 Å². The van der Waals surface area contributed by atoms with Gasteiger partial charge in [-0.2, -0.15) is 0 Å². The summed E-state index contributed by atoms with van der Waals surface area (Å²) in [5.41, 5.74) is 5.85. The summed E-state index contributed by atoms with van der Waals surface area (Å²) in [5.74, 6) is -0.158. The highest BCUT2D eigenvalue weighted by atomic mass is 16.5. The van der Waals surface area contributed by atoms with Gasteiger partial charge in [-0.25, -0.2) is 0 Å². The second-order valence-electron chi connectivity index (χ2n) is 3.23. The van der Waals surface area contributed by atoms with Gasteiger partial charge in [0.15, 0.2) is 11.5 Å². The molecular formula is C11H15NO5. The lowest BCUT2D eigenvalue weighted by atomic mass is 10.0. The van der Waals surface area contributed by atoms with Gasteiger partial charge >= 0.3 is 5.97 Å². The van der Waals surface area contributed by atoms with E-state index < -0.39 is 12.0 Å².